The Morgan fingerprint density at radius 1 is 0.750 bits per heavy atom. The van der Waals surface area contributed by atoms with Gasteiger partial charge in [-0.15, -0.1) is 0 Å². The first-order valence-electron chi connectivity index (χ1n) is 17.7. The third kappa shape index (κ3) is 7.73. The molecule has 0 aromatic heterocycles. The maximum absolute atomic E-state index is 7.50. The molecular formula is C34H69NO5Si4. The Balaban J connectivity index is 1.78. The average Bonchev–Trinajstić information content (AvgIpc) is 3.10. The van der Waals surface area contributed by atoms with E-state index in [9.17, 15) is 0 Å². The lowest BCUT2D eigenvalue weighted by atomic mass is 9.43. The largest absolute Gasteiger partial charge is 0.415 e. The highest BCUT2D eigenvalue weighted by Crippen LogP contribution is 2.70. The molecule has 4 aliphatic rings. The van der Waals surface area contributed by atoms with Crippen LogP contribution in [0.2, 0.25) is 78.6 Å². The van der Waals surface area contributed by atoms with Crippen LogP contribution in [0.4, 0.5) is 0 Å². The molecule has 4 fully saturated rings. The Labute approximate surface area is 275 Å². The first-order valence-corrected chi connectivity index (χ1v) is 31.4. The Kier molecular flexibility index (Phi) is 10.6. The van der Waals surface area contributed by atoms with Crippen LogP contribution in [-0.4, -0.2) is 70.5 Å². The first kappa shape index (κ1) is 37.0. The highest BCUT2D eigenvalue weighted by atomic mass is 28.4. The van der Waals surface area contributed by atoms with Gasteiger partial charge < -0.3 is 22.5 Å². The molecule has 4 rings (SSSR count). The van der Waals surface area contributed by atoms with Gasteiger partial charge >= 0.3 is 0 Å². The van der Waals surface area contributed by atoms with Crippen LogP contribution in [0.3, 0.4) is 0 Å². The van der Waals surface area contributed by atoms with E-state index in [1.54, 1.807) is 7.11 Å². The average molecular weight is 684 g/mol. The van der Waals surface area contributed by atoms with E-state index in [2.05, 4.69) is 92.4 Å². The second-order valence-corrected chi connectivity index (χ2v) is 37.2. The monoisotopic (exact) mass is 683 g/mol. The fourth-order valence-electron chi connectivity index (χ4n) is 10.3. The Morgan fingerprint density at radius 3 is 1.93 bits per heavy atom. The maximum atomic E-state index is 7.50. The van der Waals surface area contributed by atoms with Gasteiger partial charge in [0.05, 0.1) is 6.61 Å². The molecule has 0 spiro atoms. The third-order valence-corrected chi connectivity index (χ3v) is 15.5. The third-order valence-electron chi connectivity index (χ3n) is 11.5. The minimum atomic E-state index is -1.99. The Bertz CT molecular complexity index is 1050. The van der Waals surface area contributed by atoms with Gasteiger partial charge in [-0.05, 0) is 159 Å². The van der Waals surface area contributed by atoms with Gasteiger partial charge in [0.2, 0.25) is 0 Å². The first-order chi connectivity index (χ1) is 19.9. The van der Waals surface area contributed by atoms with Crippen LogP contribution in [0.1, 0.15) is 65.2 Å². The molecular weight excluding hydrogens is 615 g/mol. The molecule has 0 bridgehead atoms. The topological polar surface area (TPSA) is 58.5 Å². The molecule has 256 valence electrons. The van der Waals surface area contributed by atoms with E-state index in [0.29, 0.717) is 35.9 Å². The van der Waals surface area contributed by atoms with E-state index in [4.69, 9.17) is 27.7 Å². The molecule has 44 heavy (non-hydrogen) atoms. The second kappa shape index (κ2) is 12.6. The number of hydrogen-bond acceptors (Lipinski definition) is 6. The summed E-state index contributed by atoms with van der Waals surface area (Å²) in [6.45, 7) is 33.7. The van der Waals surface area contributed by atoms with Crippen molar-refractivity contribution >= 4 is 39.0 Å². The van der Waals surface area contributed by atoms with E-state index in [1.807, 2.05) is 0 Å². The number of hydrogen-bond donors (Lipinski definition) is 0. The van der Waals surface area contributed by atoms with E-state index in [-0.39, 0.29) is 11.5 Å². The van der Waals surface area contributed by atoms with E-state index in [1.165, 1.54) is 38.5 Å². The molecule has 0 aromatic rings. The number of nitrogens with zero attached hydrogens (tertiary/aromatic N) is 1. The molecule has 0 unspecified atom stereocenters. The van der Waals surface area contributed by atoms with Crippen LogP contribution in [-0.2, 0) is 22.5 Å². The lowest BCUT2D eigenvalue weighted by molar-refractivity contribution is -0.183. The predicted molar refractivity (Wildman–Crippen MR) is 194 cm³/mol. The molecule has 0 radical (unpaired) electrons. The molecule has 10 heteroatoms. The minimum absolute atomic E-state index is 0.0970. The lowest BCUT2D eigenvalue weighted by Gasteiger charge is -2.65. The minimum Gasteiger partial charge on any atom is -0.415 e. The normalized spacial score (nSPS) is 40.3. The maximum Gasteiger partial charge on any atom is 0.185 e. The standard InChI is InChI=1S/C34H69NO5Si4/c1-32-20-18-26(38-42(7,8)9)22-25(32)16-17-27-28-19-21-34(40-44(13,14)15,30(35-36-3)24-37-41(4,5)6)33(28,2)23-29(31(27)32)39-43(10,11)12/h25-29,31H,16-24H2,1-15H3/b35-30-/t25-,26-,27+,28+,29+,31-,32+,33+,34+/m1/s1. The number of fused-ring (bicyclic) bond motifs is 5. The van der Waals surface area contributed by atoms with Crippen LogP contribution in [0.15, 0.2) is 5.16 Å². The molecule has 4 saturated carbocycles. The van der Waals surface area contributed by atoms with E-state index in [0.717, 1.165) is 24.5 Å². The summed E-state index contributed by atoms with van der Waals surface area (Å²) in [5, 5.41) is 4.79. The van der Waals surface area contributed by atoms with Crippen molar-refractivity contribution in [3.8, 4) is 0 Å². The van der Waals surface area contributed by atoms with Crippen LogP contribution < -0.4 is 0 Å². The van der Waals surface area contributed by atoms with Crippen molar-refractivity contribution in [2.45, 2.75) is 162 Å². The van der Waals surface area contributed by atoms with E-state index >= 15 is 0 Å². The molecule has 0 aliphatic heterocycles. The quantitative estimate of drug-likeness (QED) is 0.123. The molecule has 0 saturated heterocycles. The summed E-state index contributed by atoms with van der Waals surface area (Å²) in [4.78, 5) is 5.62. The van der Waals surface area contributed by atoms with E-state index < -0.39 is 38.9 Å². The van der Waals surface area contributed by atoms with Crippen molar-refractivity contribution in [3.63, 3.8) is 0 Å². The van der Waals surface area contributed by atoms with Crippen molar-refractivity contribution in [2.24, 2.45) is 39.7 Å². The zero-order chi connectivity index (χ0) is 33.1. The molecule has 4 aliphatic carbocycles. The Hall–Kier alpha value is 0.178. The molecule has 9 atom stereocenters. The Morgan fingerprint density at radius 2 is 1.39 bits per heavy atom. The van der Waals surface area contributed by atoms with Gasteiger partial charge in [0.25, 0.3) is 0 Å². The molecule has 0 N–H and O–H groups in total. The van der Waals surface area contributed by atoms with Gasteiger partial charge in [0, 0.05) is 17.6 Å². The van der Waals surface area contributed by atoms with Crippen LogP contribution in [0, 0.1) is 34.5 Å². The predicted octanol–water partition coefficient (Wildman–Crippen LogP) is 9.52. The van der Waals surface area contributed by atoms with Gasteiger partial charge in [0.1, 0.15) is 18.4 Å². The zero-order valence-electron chi connectivity index (χ0n) is 31.3. The molecule has 6 nitrogen and oxygen atoms in total. The van der Waals surface area contributed by atoms with Crippen LogP contribution >= 0.6 is 0 Å². The van der Waals surface area contributed by atoms with Gasteiger partial charge in [-0.1, -0.05) is 19.0 Å². The number of rotatable bonds is 11. The molecule has 0 amide bonds. The van der Waals surface area contributed by atoms with Gasteiger partial charge in [0.15, 0.2) is 33.3 Å². The highest BCUT2D eigenvalue weighted by molar-refractivity contribution is 6.71. The van der Waals surface area contributed by atoms with Crippen LogP contribution in [0.25, 0.3) is 0 Å². The summed E-state index contributed by atoms with van der Waals surface area (Å²) in [5.74, 6) is 2.52. The number of oxime groups is 1. The molecule has 0 aromatic carbocycles. The van der Waals surface area contributed by atoms with Crippen molar-refractivity contribution in [3.05, 3.63) is 0 Å². The summed E-state index contributed by atoms with van der Waals surface area (Å²) in [6, 6.07) is 0. The fourth-order valence-corrected chi connectivity index (χ4v) is 14.7. The summed E-state index contributed by atoms with van der Waals surface area (Å²) >= 11 is 0. The second-order valence-electron chi connectivity index (χ2n) is 19.3. The highest BCUT2D eigenvalue weighted by Gasteiger charge is 2.70. The molecule has 0 heterocycles. The fraction of sp³-hybridized carbons (Fsp3) is 0.971. The smallest absolute Gasteiger partial charge is 0.185 e. The van der Waals surface area contributed by atoms with Crippen molar-refractivity contribution in [1.82, 2.24) is 0 Å². The van der Waals surface area contributed by atoms with Crippen molar-refractivity contribution in [2.75, 3.05) is 13.7 Å². The van der Waals surface area contributed by atoms with Crippen LogP contribution in [0.5, 0.6) is 0 Å². The lowest BCUT2D eigenvalue weighted by Crippen LogP contribution is -2.66. The van der Waals surface area contributed by atoms with Crippen molar-refractivity contribution in [1.29, 1.82) is 0 Å². The SMILES string of the molecule is CO/N=C(/CO[Si](C)(C)C)[C@@]1(O[Si](C)(C)C)CC[C@H]2[C@@H]3CC[C@@H]4C[C@H](O[Si](C)(C)C)CC[C@]4(C)[C@H]3[C@@H](O[Si](C)(C)C)C[C@@]21C. The zero-order valence-corrected chi connectivity index (χ0v) is 35.3. The van der Waals surface area contributed by atoms with Gasteiger partial charge in [-0.25, -0.2) is 0 Å². The summed E-state index contributed by atoms with van der Waals surface area (Å²) < 4.78 is 28.2. The van der Waals surface area contributed by atoms with Crippen molar-refractivity contribution < 1.29 is 22.5 Å². The summed E-state index contributed by atoms with van der Waals surface area (Å²) in [6.07, 6.45) is 10.2. The van der Waals surface area contributed by atoms with Gasteiger partial charge in [-0.3, -0.25) is 0 Å². The summed E-state index contributed by atoms with van der Waals surface area (Å²) in [7, 11) is -5.49. The summed E-state index contributed by atoms with van der Waals surface area (Å²) in [5.41, 5.74) is 0.678. The van der Waals surface area contributed by atoms with Gasteiger partial charge in [-0.2, -0.15) is 0 Å².